The highest BCUT2D eigenvalue weighted by Gasteiger charge is 2.25. The predicted octanol–water partition coefficient (Wildman–Crippen LogP) is 13.0. The van der Waals surface area contributed by atoms with Crippen LogP contribution in [0.2, 0.25) is 0 Å². The number of para-hydroxylation sites is 4. The first kappa shape index (κ1) is 28.0. The molecular formula is C48H30N2O2. The summed E-state index contributed by atoms with van der Waals surface area (Å²) >= 11 is 0. The molecule has 12 rings (SSSR count). The van der Waals surface area contributed by atoms with E-state index in [0.717, 1.165) is 56.5 Å². The van der Waals surface area contributed by atoms with Crippen molar-refractivity contribution in [3.8, 4) is 16.8 Å². The standard InChI is InChI=1S/C48H30N2O2/c1-5-13-41-33(9-1)34-10-2-6-14-42(34)49(41)31-19-23-47-39(27-31)37-25-29(17-21-45(37)51-47)30-18-22-46-38(26-30)40-28-32(20-24-48(40)52-46)50-43-15-7-3-11-35(43)36-12-4-8-16-44(36)50/h1-27,32H,28H2. The summed E-state index contributed by atoms with van der Waals surface area (Å²) in [6.07, 6.45) is 5.34. The van der Waals surface area contributed by atoms with Gasteiger partial charge in [-0.2, -0.15) is 0 Å². The largest absolute Gasteiger partial charge is 0.456 e. The zero-order chi connectivity index (χ0) is 33.9. The van der Waals surface area contributed by atoms with Crippen LogP contribution in [0, 0.1) is 0 Å². The lowest BCUT2D eigenvalue weighted by atomic mass is 9.94. The lowest BCUT2D eigenvalue weighted by molar-refractivity contribution is 0.572. The molecule has 1 aliphatic carbocycles. The van der Waals surface area contributed by atoms with Gasteiger partial charge in [0, 0.05) is 66.4 Å². The Balaban J connectivity index is 0.972. The van der Waals surface area contributed by atoms with E-state index in [1.165, 1.54) is 54.6 Å². The van der Waals surface area contributed by atoms with Gasteiger partial charge in [-0.3, -0.25) is 0 Å². The minimum atomic E-state index is 0.180. The number of hydrogen-bond acceptors (Lipinski definition) is 2. The van der Waals surface area contributed by atoms with Crippen molar-refractivity contribution in [2.75, 3.05) is 0 Å². The molecule has 4 heteroatoms. The van der Waals surface area contributed by atoms with E-state index in [1.54, 1.807) is 0 Å². The Morgan fingerprint density at radius 1 is 0.442 bits per heavy atom. The van der Waals surface area contributed by atoms with Crippen LogP contribution in [0.25, 0.3) is 99.4 Å². The van der Waals surface area contributed by atoms with Crippen LogP contribution in [0.5, 0.6) is 0 Å². The van der Waals surface area contributed by atoms with E-state index < -0.39 is 0 Å². The van der Waals surface area contributed by atoms with E-state index >= 15 is 0 Å². The van der Waals surface area contributed by atoms with Gasteiger partial charge in [0.05, 0.1) is 17.1 Å². The zero-order valence-electron chi connectivity index (χ0n) is 28.1. The molecule has 1 unspecified atom stereocenters. The summed E-state index contributed by atoms with van der Waals surface area (Å²) in [5.74, 6) is 0.957. The fourth-order valence-corrected chi connectivity index (χ4v) is 8.94. The highest BCUT2D eigenvalue weighted by atomic mass is 16.3. The van der Waals surface area contributed by atoms with Gasteiger partial charge in [-0.15, -0.1) is 0 Å². The molecule has 0 amide bonds. The minimum absolute atomic E-state index is 0.180. The quantitative estimate of drug-likeness (QED) is 0.188. The molecule has 0 saturated heterocycles. The van der Waals surface area contributed by atoms with E-state index in [2.05, 4.69) is 173 Å². The lowest BCUT2D eigenvalue weighted by Crippen LogP contribution is -2.12. The van der Waals surface area contributed by atoms with Gasteiger partial charge in [0.15, 0.2) is 0 Å². The van der Waals surface area contributed by atoms with Gasteiger partial charge in [-0.05, 0) is 83.9 Å². The Hall–Kier alpha value is -6.78. The van der Waals surface area contributed by atoms with Gasteiger partial charge in [-0.25, -0.2) is 0 Å². The van der Waals surface area contributed by atoms with Crippen molar-refractivity contribution in [1.29, 1.82) is 0 Å². The van der Waals surface area contributed by atoms with Crippen molar-refractivity contribution >= 4 is 82.6 Å². The molecule has 0 fully saturated rings. The zero-order valence-corrected chi connectivity index (χ0v) is 28.1. The maximum Gasteiger partial charge on any atom is 0.135 e. The van der Waals surface area contributed by atoms with Crippen LogP contribution in [0.15, 0.2) is 167 Å². The molecular weight excluding hydrogens is 637 g/mol. The van der Waals surface area contributed by atoms with E-state index in [0.29, 0.717) is 0 Å². The number of furan rings is 2. The molecule has 4 aromatic heterocycles. The van der Waals surface area contributed by atoms with E-state index in [9.17, 15) is 0 Å². The minimum Gasteiger partial charge on any atom is -0.456 e. The monoisotopic (exact) mass is 666 g/mol. The molecule has 7 aromatic carbocycles. The number of hydrogen-bond donors (Lipinski definition) is 0. The van der Waals surface area contributed by atoms with Crippen LogP contribution in [0.4, 0.5) is 0 Å². The number of aromatic nitrogens is 2. The SMILES string of the molecule is C1=CC(n2c3ccccc3c3ccccc32)Cc2c1oc1ccc(-c3ccc4oc5ccc(-n6c7ccccc7c7ccccc76)cc5c4c3)cc21. The number of rotatable bonds is 3. The molecule has 0 spiro atoms. The summed E-state index contributed by atoms with van der Waals surface area (Å²) in [7, 11) is 0. The third-order valence-corrected chi connectivity index (χ3v) is 11.3. The fourth-order valence-electron chi connectivity index (χ4n) is 8.94. The fraction of sp³-hybridized carbons (Fsp3) is 0.0417. The third kappa shape index (κ3) is 3.86. The summed E-state index contributed by atoms with van der Waals surface area (Å²) < 4.78 is 17.7. The van der Waals surface area contributed by atoms with Crippen LogP contribution in [-0.4, -0.2) is 9.13 Å². The molecule has 52 heavy (non-hydrogen) atoms. The Morgan fingerprint density at radius 2 is 0.942 bits per heavy atom. The molecule has 11 aromatic rings. The molecule has 0 radical (unpaired) electrons. The van der Waals surface area contributed by atoms with Gasteiger partial charge in [-0.1, -0.05) is 91.0 Å². The molecule has 0 aliphatic heterocycles. The molecule has 1 atom stereocenters. The van der Waals surface area contributed by atoms with Crippen molar-refractivity contribution in [2.45, 2.75) is 12.5 Å². The van der Waals surface area contributed by atoms with Crippen molar-refractivity contribution in [2.24, 2.45) is 0 Å². The highest BCUT2D eigenvalue weighted by molar-refractivity contribution is 6.11. The second-order valence-electron chi connectivity index (χ2n) is 14.1. The second kappa shape index (κ2) is 10.4. The summed E-state index contributed by atoms with van der Waals surface area (Å²) in [5.41, 5.74) is 12.3. The molecule has 0 bridgehead atoms. The average molecular weight is 667 g/mol. The van der Waals surface area contributed by atoms with E-state index in [-0.39, 0.29) is 6.04 Å². The topological polar surface area (TPSA) is 36.1 Å². The normalized spacial score (nSPS) is 14.6. The van der Waals surface area contributed by atoms with E-state index in [4.69, 9.17) is 8.83 Å². The Morgan fingerprint density at radius 3 is 1.58 bits per heavy atom. The first-order valence-corrected chi connectivity index (χ1v) is 17.9. The van der Waals surface area contributed by atoms with Gasteiger partial charge in [0.2, 0.25) is 0 Å². The van der Waals surface area contributed by atoms with Gasteiger partial charge >= 0.3 is 0 Å². The molecule has 244 valence electrons. The number of fused-ring (bicyclic) bond motifs is 12. The third-order valence-electron chi connectivity index (χ3n) is 11.3. The lowest BCUT2D eigenvalue weighted by Gasteiger charge is -2.21. The second-order valence-corrected chi connectivity index (χ2v) is 14.1. The molecule has 4 heterocycles. The van der Waals surface area contributed by atoms with Crippen LogP contribution in [0.3, 0.4) is 0 Å². The van der Waals surface area contributed by atoms with Crippen LogP contribution >= 0.6 is 0 Å². The smallest absolute Gasteiger partial charge is 0.135 e. The number of benzene rings is 7. The number of nitrogens with zero attached hydrogens (tertiary/aromatic N) is 2. The first-order valence-electron chi connectivity index (χ1n) is 17.9. The molecule has 4 nitrogen and oxygen atoms in total. The van der Waals surface area contributed by atoms with Gasteiger partial charge < -0.3 is 18.0 Å². The maximum absolute atomic E-state index is 6.43. The maximum atomic E-state index is 6.43. The number of allylic oxidation sites excluding steroid dienone is 1. The predicted molar refractivity (Wildman–Crippen MR) is 214 cm³/mol. The van der Waals surface area contributed by atoms with Crippen molar-refractivity contribution in [3.05, 3.63) is 169 Å². The Kier molecular flexibility index (Phi) is 5.58. The van der Waals surface area contributed by atoms with Crippen molar-refractivity contribution < 1.29 is 8.83 Å². The highest BCUT2D eigenvalue weighted by Crippen LogP contribution is 2.41. The summed E-state index contributed by atoms with van der Waals surface area (Å²) in [4.78, 5) is 0. The molecule has 0 N–H and O–H groups in total. The van der Waals surface area contributed by atoms with E-state index in [1.807, 2.05) is 0 Å². The molecule has 1 aliphatic rings. The van der Waals surface area contributed by atoms with Crippen LogP contribution < -0.4 is 0 Å². The van der Waals surface area contributed by atoms with Gasteiger partial charge in [0.25, 0.3) is 0 Å². The average Bonchev–Trinajstić information content (AvgIpc) is 3.94. The molecule has 0 saturated carbocycles. The van der Waals surface area contributed by atoms with Gasteiger partial charge in [0.1, 0.15) is 22.5 Å². The summed E-state index contributed by atoms with van der Waals surface area (Å²) in [6.45, 7) is 0. The first-order chi connectivity index (χ1) is 25.8. The van der Waals surface area contributed by atoms with Crippen molar-refractivity contribution in [3.63, 3.8) is 0 Å². The van der Waals surface area contributed by atoms with Crippen LogP contribution in [-0.2, 0) is 6.42 Å². The van der Waals surface area contributed by atoms with Crippen molar-refractivity contribution in [1.82, 2.24) is 9.13 Å². The van der Waals surface area contributed by atoms with Crippen LogP contribution in [0.1, 0.15) is 17.4 Å². The Bertz CT molecular complexity index is 3180. The summed E-state index contributed by atoms with van der Waals surface area (Å²) in [5, 5.41) is 8.49. The Labute approximate surface area is 298 Å². The summed E-state index contributed by atoms with van der Waals surface area (Å²) in [6, 6.07) is 54.7.